The van der Waals surface area contributed by atoms with Crippen molar-refractivity contribution >= 4 is 15.9 Å². The van der Waals surface area contributed by atoms with E-state index < -0.39 is 6.10 Å². The number of methoxy groups -OCH3 is 2. The fourth-order valence-corrected chi connectivity index (χ4v) is 2.63. The van der Waals surface area contributed by atoms with E-state index in [1.165, 1.54) is 0 Å². The third kappa shape index (κ3) is 3.14. The average molecular weight is 337 g/mol. The normalized spacial score (nSPS) is 12.0. The fourth-order valence-electron chi connectivity index (χ4n) is 2.18. The highest BCUT2D eigenvalue weighted by atomic mass is 79.9. The van der Waals surface area contributed by atoms with Crippen LogP contribution in [0.1, 0.15) is 17.2 Å². The lowest BCUT2D eigenvalue weighted by atomic mass is 9.99. The largest absolute Gasteiger partial charge is 0.496 e. The molecule has 2 aromatic rings. The Hall–Kier alpha value is -1.52. The Morgan fingerprint density at radius 3 is 2.15 bits per heavy atom. The molecule has 106 valence electrons. The standard InChI is InChI=1S/C16H17BrO3/c1-19-14-8-5-9-15(20-2)16(14)13(18)10-11-6-3-4-7-12(11)17/h3-9,13,18H,10H2,1-2H3. The predicted molar refractivity (Wildman–Crippen MR) is 82.4 cm³/mol. The van der Waals surface area contributed by atoms with Gasteiger partial charge in [0, 0.05) is 10.9 Å². The fraction of sp³-hybridized carbons (Fsp3) is 0.250. The van der Waals surface area contributed by atoms with E-state index in [2.05, 4.69) is 15.9 Å². The van der Waals surface area contributed by atoms with E-state index in [4.69, 9.17) is 9.47 Å². The quantitative estimate of drug-likeness (QED) is 0.903. The molecule has 0 radical (unpaired) electrons. The molecule has 0 aromatic heterocycles. The number of halogens is 1. The van der Waals surface area contributed by atoms with E-state index in [0.29, 0.717) is 23.5 Å². The minimum Gasteiger partial charge on any atom is -0.496 e. The molecule has 3 nitrogen and oxygen atoms in total. The Balaban J connectivity index is 2.34. The van der Waals surface area contributed by atoms with Crippen molar-refractivity contribution in [2.75, 3.05) is 14.2 Å². The summed E-state index contributed by atoms with van der Waals surface area (Å²) in [6.07, 6.45) is -0.210. The van der Waals surface area contributed by atoms with Crippen LogP contribution in [0.3, 0.4) is 0 Å². The van der Waals surface area contributed by atoms with Gasteiger partial charge in [0.2, 0.25) is 0 Å². The summed E-state index contributed by atoms with van der Waals surface area (Å²) in [6, 6.07) is 13.3. The van der Waals surface area contributed by atoms with Crippen molar-refractivity contribution in [3.8, 4) is 11.5 Å². The zero-order chi connectivity index (χ0) is 14.5. The first-order valence-corrected chi connectivity index (χ1v) is 7.09. The van der Waals surface area contributed by atoms with Gasteiger partial charge in [0.25, 0.3) is 0 Å². The molecule has 0 spiro atoms. The molecule has 0 heterocycles. The molecular weight excluding hydrogens is 320 g/mol. The lowest BCUT2D eigenvalue weighted by Gasteiger charge is -2.18. The topological polar surface area (TPSA) is 38.7 Å². The van der Waals surface area contributed by atoms with Gasteiger partial charge in [-0.15, -0.1) is 0 Å². The molecule has 1 N–H and O–H groups in total. The molecule has 0 saturated carbocycles. The van der Waals surface area contributed by atoms with Gasteiger partial charge >= 0.3 is 0 Å². The van der Waals surface area contributed by atoms with Gasteiger partial charge in [0.1, 0.15) is 11.5 Å². The second-order valence-electron chi connectivity index (χ2n) is 4.39. The molecule has 2 aromatic carbocycles. The molecule has 2 rings (SSSR count). The number of hydrogen-bond acceptors (Lipinski definition) is 3. The number of aliphatic hydroxyl groups excluding tert-OH is 1. The summed E-state index contributed by atoms with van der Waals surface area (Å²) in [7, 11) is 3.17. The van der Waals surface area contributed by atoms with E-state index in [9.17, 15) is 5.11 Å². The van der Waals surface area contributed by atoms with E-state index in [1.54, 1.807) is 14.2 Å². The number of hydrogen-bond donors (Lipinski definition) is 1. The Bertz CT molecular complexity index is 561. The summed E-state index contributed by atoms with van der Waals surface area (Å²) < 4.78 is 11.6. The third-order valence-electron chi connectivity index (χ3n) is 3.17. The SMILES string of the molecule is COc1cccc(OC)c1C(O)Cc1ccccc1Br. The maximum absolute atomic E-state index is 10.5. The van der Waals surface area contributed by atoms with Crippen LogP contribution in [0.5, 0.6) is 11.5 Å². The van der Waals surface area contributed by atoms with Crippen molar-refractivity contribution in [3.63, 3.8) is 0 Å². The molecule has 4 heteroatoms. The Labute approximate surface area is 127 Å². The van der Waals surface area contributed by atoms with Crippen LogP contribution in [0.4, 0.5) is 0 Å². The molecule has 0 bridgehead atoms. The first-order chi connectivity index (χ1) is 9.67. The highest BCUT2D eigenvalue weighted by Crippen LogP contribution is 2.36. The second-order valence-corrected chi connectivity index (χ2v) is 5.24. The highest BCUT2D eigenvalue weighted by Gasteiger charge is 2.19. The minimum atomic E-state index is -0.695. The molecule has 0 aliphatic carbocycles. The number of aliphatic hydroxyl groups is 1. The van der Waals surface area contributed by atoms with Crippen molar-refractivity contribution in [2.24, 2.45) is 0 Å². The van der Waals surface area contributed by atoms with E-state index >= 15 is 0 Å². The van der Waals surface area contributed by atoms with Crippen molar-refractivity contribution in [3.05, 3.63) is 58.1 Å². The van der Waals surface area contributed by atoms with Crippen molar-refractivity contribution in [2.45, 2.75) is 12.5 Å². The van der Waals surface area contributed by atoms with Crippen LogP contribution < -0.4 is 9.47 Å². The van der Waals surface area contributed by atoms with Crippen molar-refractivity contribution < 1.29 is 14.6 Å². The van der Waals surface area contributed by atoms with Crippen LogP contribution in [0.25, 0.3) is 0 Å². The summed E-state index contributed by atoms with van der Waals surface area (Å²) in [5, 5.41) is 10.5. The second kappa shape index (κ2) is 6.77. The minimum absolute atomic E-state index is 0.484. The lowest BCUT2D eigenvalue weighted by molar-refractivity contribution is 0.169. The van der Waals surface area contributed by atoms with Crippen LogP contribution >= 0.6 is 15.9 Å². The number of rotatable bonds is 5. The van der Waals surface area contributed by atoms with Crippen molar-refractivity contribution in [1.82, 2.24) is 0 Å². The summed E-state index contributed by atoms with van der Waals surface area (Å²) in [6.45, 7) is 0. The Morgan fingerprint density at radius 1 is 1.00 bits per heavy atom. The van der Waals surface area contributed by atoms with Crippen LogP contribution in [-0.4, -0.2) is 19.3 Å². The molecule has 1 unspecified atom stereocenters. The predicted octanol–water partition coefficient (Wildman–Crippen LogP) is 3.74. The average Bonchev–Trinajstić information content (AvgIpc) is 2.48. The lowest BCUT2D eigenvalue weighted by Crippen LogP contribution is -2.06. The van der Waals surface area contributed by atoms with Gasteiger partial charge < -0.3 is 14.6 Å². The van der Waals surface area contributed by atoms with Gasteiger partial charge in [-0.1, -0.05) is 40.2 Å². The Morgan fingerprint density at radius 2 is 1.60 bits per heavy atom. The van der Waals surface area contributed by atoms with E-state index in [-0.39, 0.29) is 0 Å². The maximum atomic E-state index is 10.5. The smallest absolute Gasteiger partial charge is 0.128 e. The van der Waals surface area contributed by atoms with Gasteiger partial charge in [-0.2, -0.15) is 0 Å². The molecular formula is C16H17BrO3. The zero-order valence-electron chi connectivity index (χ0n) is 11.5. The third-order valence-corrected chi connectivity index (χ3v) is 3.94. The molecule has 0 saturated heterocycles. The molecule has 0 amide bonds. The van der Waals surface area contributed by atoms with Gasteiger partial charge in [-0.3, -0.25) is 0 Å². The van der Waals surface area contributed by atoms with Gasteiger partial charge in [0.05, 0.1) is 25.9 Å². The number of ether oxygens (including phenoxy) is 2. The number of benzene rings is 2. The molecule has 0 fully saturated rings. The van der Waals surface area contributed by atoms with Crippen molar-refractivity contribution in [1.29, 1.82) is 0 Å². The molecule has 1 atom stereocenters. The maximum Gasteiger partial charge on any atom is 0.128 e. The van der Waals surface area contributed by atoms with Crippen LogP contribution in [0.15, 0.2) is 46.9 Å². The first kappa shape index (κ1) is 14.9. The van der Waals surface area contributed by atoms with Gasteiger partial charge in [-0.05, 0) is 23.8 Å². The highest BCUT2D eigenvalue weighted by molar-refractivity contribution is 9.10. The summed E-state index contributed by atoms with van der Waals surface area (Å²) >= 11 is 3.49. The summed E-state index contributed by atoms with van der Waals surface area (Å²) in [4.78, 5) is 0. The molecule has 20 heavy (non-hydrogen) atoms. The first-order valence-electron chi connectivity index (χ1n) is 6.29. The zero-order valence-corrected chi connectivity index (χ0v) is 13.1. The molecule has 0 aliphatic heterocycles. The van der Waals surface area contributed by atoms with Gasteiger partial charge in [0.15, 0.2) is 0 Å². The summed E-state index contributed by atoms with van der Waals surface area (Å²) in [5.74, 6) is 1.26. The van der Waals surface area contributed by atoms with Crippen LogP contribution in [0.2, 0.25) is 0 Å². The summed E-state index contributed by atoms with van der Waals surface area (Å²) in [5.41, 5.74) is 1.71. The monoisotopic (exact) mass is 336 g/mol. The van der Waals surface area contributed by atoms with Gasteiger partial charge in [-0.25, -0.2) is 0 Å². The Kier molecular flexibility index (Phi) is 5.04. The molecule has 0 aliphatic rings. The van der Waals surface area contributed by atoms with Crippen LogP contribution in [-0.2, 0) is 6.42 Å². The van der Waals surface area contributed by atoms with Crippen LogP contribution in [0, 0.1) is 0 Å². The van der Waals surface area contributed by atoms with E-state index in [1.807, 2.05) is 42.5 Å². The van der Waals surface area contributed by atoms with E-state index in [0.717, 1.165) is 10.0 Å².